The topological polar surface area (TPSA) is 24.1 Å². The van der Waals surface area contributed by atoms with E-state index >= 15 is 0 Å². The average molecular weight is 639 g/mol. The average Bonchev–Trinajstić information content (AvgIpc) is 3.39. The van der Waals surface area contributed by atoms with Crippen molar-refractivity contribution in [3.05, 3.63) is 47.3 Å². The molecule has 204 valence electrons. The van der Waals surface area contributed by atoms with Crippen molar-refractivity contribution < 1.29 is 44.3 Å². The van der Waals surface area contributed by atoms with Crippen LogP contribution in [0.3, 0.4) is 0 Å². The van der Waals surface area contributed by atoms with Crippen molar-refractivity contribution in [3.8, 4) is 0 Å². The zero-order chi connectivity index (χ0) is 22.7. The van der Waals surface area contributed by atoms with E-state index in [9.17, 15) is 0 Å². The standard InChI is InChI=1S/C30H47N2P.2ClH.Ru/c1-24-22-30(2,19-18-28(24)29-31-20-21-32-29)33(26-14-8-4-9-15-26,27-16-10-5-11-17-27)23-25-12-6-3-7-13-25;;;/h3,6-7,12-13,23-24,26-27,31-32H,4-5,8-11,14-22H2,1-2H3;2*1H;/q;;;+2/p-2. The van der Waals surface area contributed by atoms with Gasteiger partial charge < -0.3 is 35.4 Å². The molecule has 4 aliphatic rings. The molecule has 4 fully saturated rings. The van der Waals surface area contributed by atoms with Crippen LogP contribution in [0.5, 0.6) is 0 Å². The Bertz CT molecular complexity index is 863. The normalized spacial score (nSPS) is 27.6. The number of allylic oxidation sites excluding steroid dienone is 1. The second-order valence-corrected chi connectivity index (χ2v) is 16.3. The van der Waals surface area contributed by atoms with E-state index in [1.165, 1.54) is 94.9 Å². The van der Waals surface area contributed by atoms with E-state index in [2.05, 4.69) is 60.6 Å². The van der Waals surface area contributed by atoms with Gasteiger partial charge in [-0.05, 0) is 78.5 Å². The molecule has 0 amide bonds. The molecule has 2 atom stereocenters. The van der Waals surface area contributed by atoms with E-state index in [0.29, 0.717) is 11.1 Å². The predicted molar refractivity (Wildman–Crippen MR) is 147 cm³/mol. The molecule has 1 aliphatic heterocycles. The Hall–Kier alpha value is 0.0634. The van der Waals surface area contributed by atoms with E-state index < -0.39 is 6.89 Å². The third-order valence-electron chi connectivity index (χ3n) is 9.78. The molecule has 36 heavy (non-hydrogen) atoms. The van der Waals surface area contributed by atoms with E-state index in [-0.39, 0.29) is 44.3 Å². The monoisotopic (exact) mass is 638 g/mol. The summed E-state index contributed by atoms with van der Waals surface area (Å²) in [4.78, 5) is 0. The molecule has 1 aromatic rings. The summed E-state index contributed by atoms with van der Waals surface area (Å²) in [5.74, 6) is 5.04. The van der Waals surface area contributed by atoms with Gasteiger partial charge in [0, 0.05) is 13.1 Å². The van der Waals surface area contributed by atoms with Gasteiger partial charge in [0.05, 0.1) is 5.82 Å². The van der Waals surface area contributed by atoms with Gasteiger partial charge in [-0.2, -0.15) is 0 Å². The summed E-state index contributed by atoms with van der Waals surface area (Å²) in [6.07, 6.45) is 18.9. The number of nitrogens with one attached hydrogen (secondary N) is 2. The van der Waals surface area contributed by atoms with Gasteiger partial charge in [-0.25, -0.2) is 0 Å². The Kier molecular flexibility index (Phi) is 13.0. The molecule has 1 saturated heterocycles. The van der Waals surface area contributed by atoms with E-state index in [4.69, 9.17) is 0 Å². The number of benzene rings is 1. The summed E-state index contributed by atoms with van der Waals surface area (Å²) in [6, 6.07) is 11.6. The Morgan fingerprint density at radius 2 is 1.36 bits per heavy atom. The first-order valence-electron chi connectivity index (χ1n) is 14.1. The van der Waals surface area contributed by atoms with Crippen LogP contribution in [0.4, 0.5) is 0 Å². The molecule has 3 saturated carbocycles. The fourth-order valence-corrected chi connectivity index (χ4v) is 15.6. The van der Waals surface area contributed by atoms with Crippen LogP contribution in [0.15, 0.2) is 41.7 Å². The molecule has 5 rings (SSSR count). The summed E-state index contributed by atoms with van der Waals surface area (Å²) in [6.45, 7) is 6.15. The minimum Gasteiger partial charge on any atom is -1.00 e. The second-order valence-electron chi connectivity index (χ2n) is 11.8. The molecular formula is C30H47Cl2N2PRu. The third-order valence-corrected chi connectivity index (χ3v) is 16.2. The number of hydrogen-bond acceptors (Lipinski definition) is 2. The summed E-state index contributed by atoms with van der Waals surface area (Å²) in [7, 11) is 0. The molecule has 0 aromatic heterocycles. The third kappa shape index (κ3) is 6.44. The van der Waals surface area contributed by atoms with Crippen LogP contribution in [0, 0.1) is 5.92 Å². The van der Waals surface area contributed by atoms with Crippen molar-refractivity contribution in [2.45, 2.75) is 114 Å². The van der Waals surface area contributed by atoms with E-state index in [1.807, 2.05) is 0 Å². The zero-order valence-corrected chi connectivity index (χ0v) is 26.5. The molecule has 0 spiro atoms. The zero-order valence-electron chi connectivity index (χ0n) is 22.4. The summed E-state index contributed by atoms with van der Waals surface area (Å²) in [5, 5.41) is 7.80. The Labute approximate surface area is 246 Å². The van der Waals surface area contributed by atoms with Gasteiger partial charge in [0.2, 0.25) is 0 Å². The molecule has 1 aromatic carbocycles. The fourth-order valence-electron chi connectivity index (χ4n) is 8.27. The molecule has 0 radical (unpaired) electrons. The maximum Gasteiger partial charge on any atom is 2.00 e. The maximum absolute atomic E-state index is 3.66. The van der Waals surface area contributed by atoms with Crippen LogP contribution >= 0.6 is 6.89 Å². The molecule has 2 nitrogen and oxygen atoms in total. The van der Waals surface area contributed by atoms with Crippen molar-refractivity contribution in [1.82, 2.24) is 10.6 Å². The van der Waals surface area contributed by atoms with E-state index in [1.54, 1.807) is 5.57 Å². The van der Waals surface area contributed by atoms with Gasteiger partial charge in [0.1, 0.15) is 0 Å². The molecule has 1 heterocycles. The molecule has 2 N–H and O–H groups in total. The summed E-state index contributed by atoms with van der Waals surface area (Å²) in [5.41, 5.74) is 5.14. The largest absolute Gasteiger partial charge is 2.00 e. The van der Waals surface area contributed by atoms with Gasteiger partial charge in [-0.15, -0.1) is 0 Å². The predicted octanol–water partition coefficient (Wildman–Crippen LogP) is 1.51. The van der Waals surface area contributed by atoms with Gasteiger partial charge in [-0.3, -0.25) is 0 Å². The van der Waals surface area contributed by atoms with Gasteiger partial charge in [0.25, 0.3) is 0 Å². The first-order chi connectivity index (χ1) is 16.1. The van der Waals surface area contributed by atoms with Crippen molar-refractivity contribution in [3.63, 3.8) is 0 Å². The number of halogens is 2. The Balaban J connectivity index is 0.00000152. The molecule has 3 aliphatic carbocycles. The van der Waals surface area contributed by atoms with Crippen molar-refractivity contribution in [1.29, 1.82) is 0 Å². The Morgan fingerprint density at radius 1 is 0.833 bits per heavy atom. The van der Waals surface area contributed by atoms with Crippen molar-refractivity contribution in [2.75, 3.05) is 13.1 Å². The maximum atomic E-state index is 3.66. The van der Waals surface area contributed by atoms with Gasteiger partial charge in [-0.1, -0.05) is 95.4 Å². The van der Waals surface area contributed by atoms with Gasteiger partial charge >= 0.3 is 19.5 Å². The van der Waals surface area contributed by atoms with Crippen LogP contribution < -0.4 is 35.4 Å². The number of rotatable bonds is 4. The van der Waals surface area contributed by atoms with Gasteiger partial charge in [0.15, 0.2) is 0 Å². The fraction of sp³-hybridized carbons (Fsp3) is 0.700. The van der Waals surface area contributed by atoms with E-state index in [0.717, 1.165) is 24.4 Å². The first kappa shape index (κ1) is 32.3. The number of hydrogen-bond donors (Lipinski definition) is 2. The van der Waals surface area contributed by atoms with Crippen molar-refractivity contribution >= 4 is 12.7 Å². The minimum absolute atomic E-state index is 0. The quantitative estimate of drug-likeness (QED) is 0.387. The van der Waals surface area contributed by atoms with Crippen LogP contribution in [-0.2, 0) is 19.5 Å². The van der Waals surface area contributed by atoms with Crippen LogP contribution in [-0.4, -0.2) is 35.4 Å². The van der Waals surface area contributed by atoms with Crippen molar-refractivity contribution in [2.24, 2.45) is 5.92 Å². The Morgan fingerprint density at radius 3 is 1.86 bits per heavy atom. The SMILES string of the molecule is CC1CC(C)(P(=Cc2ccccc2)(C2CCCCC2)C2CCCCC2)CCC1=C1NCCN1.[Cl-].[Cl-].[Ru+2]. The molecule has 6 heteroatoms. The molecular weight excluding hydrogens is 591 g/mol. The van der Waals surface area contributed by atoms with Crippen LogP contribution in [0.1, 0.15) is 103 Å². The van der Waals surface area contributed by atoms with Crippen LogP contribution in [0.2, 0.25) is 0 Å². The smallest absolute Gasteiger partial charge is 1.00 e. The minimum atomic E-state index is -1.34. The molecule has 0 bridgehead atoms. The molecule has 2 unspecified atom stereocenters. The second kappa shape index (κ2) is 14.4. The summed E-state index contributed by atoms with van der Waals surface area (Å²) >= 11 is 0. The summed E-state index contributed by atoms with van der Waals surface area (Å²) < 4.78 is 0. The van der Waals surface area contributed by atoms with Crippen LogP contribution in [0.25, 0.3) is 0 Å². The first-order valence-corrected chi connectivity index (χ1v) is 16.1.